The third-order valence-corrected chi connectivity index (χ3v) is 7.89. The first-order valence-electron chi connectivity index (χ1n) is 10.3. The van der Waals surface area contributed by atoms with Gasteiger partial charge in [0.2, 0.25) is 0 Å². The van der Waals surface area contributed by atoms with Gasteiger partial charge < -0.3 is 9.84 Å². The summed E-state index contributed by atoms with van der Waals surface area (Å²) in [5, 5.41) is 9.05. The first kappa shape index (κ1) is 18.5. The smallest absolute Gasteiger partial charge is 0.0697 e. The van der Waals surface area contributed by atoms with Crippen LogP contribution < -0.4 is 0 Å². The lowest BCUT2D eigenvalue weighted by molar-refractivity contribution is -0.0968. The molecule has 2 saturated carbocycles. The molecule has 0 heterocycles. The average molecular weight is 335 g/mol. The van der Waals surface area contributed by atoms with Gasteiger partial charge in [-0.3, -0.25) is 0 Å². The molecule has 5 atom stereocenters. The Balaban J connectivity index is 1.80. The normalized spacial score (nSPS) is 42.4. The van der Waals surface area contributed by atoms with Crippen molar-refractivity contribution < 1.29 is 9.84 Å². The molecule has 3 aliphatic rings. The molecule has 1 N–H and O–H groups in total. The summed E-state index contributed by atoms with van der Waals surface area (Å²) in [5.74, 6) is 3.27. The lowest BCUT2D eigenvalue weighted by Gasteiger charge is -2.59. The number of rotatable bonds is 5. The second-order valence-corrected chi connectivity index (χ2v) is 9.70. The van der Waals surface area contributed by atoms with Crippen LogP contribution in [-0.2, 0) is 4.74 Å². The SMILES string of the molecule is CC(C)[C@H]1CC[C@H]2C(=CC[C@H]3[C@@](C)(COCCO)CCC[C@]23C)C1. The Hall–Kier alpha value is -0.340. The van der Waals surface area contributed by atoms with Crippen LogP contribution in [0.4, 0.5) is 0 Å². The summed E-state index contributed by atoms with van der Waals surface area (Å²) in [6.45, 7) is 11.3. The molecule has 2 heteroatoms. The molecule has 0 bridgehead atoms. The summed E-state index contributed by atoms with van der Waals surface area (Å²) in [6, 6.07) is 0. The monoisotopic (exact) mass is 334 g/mol. The number of hydrogen-bond acceptors (Lipinski definition) is 2. The van der Waals surface area contributed by atoms with E-state index >= 15 is 0 Å². The van der Waals surface area contributed by atoms with E-state index < -0.39 is 0 Å². The van der Waals surface area contributed by atoms with Gasteiger partial charge in [-0.25, -0.2) is 0 Å². The van der Waals surface area contributed by atoms with Crippen LogP contribution in [0.1, 0.15) is 72.6 Å². The highest BCUT2D eigenvalue weighted by Gasteiger charge is 2.54. The minimum absolute atomic E-state index is 0.140. The van der Waals surface area contributed by atoms with Crippen LogP contribution in [0, 0.1) is 34.5 Å². The van der Waals surface area contributed by atoms with Gasteiger partial charge in [0.15, 0.2) is 0 Å². The molecule has 0 aromatic heterocycles. The largest absolute Gasteiger partial charge is 0.394 e. The van der Waals surface area contributed by atoms with E-state index in [2.05, 4.69) is 33.8 Å². The van der Waals surface area contributed by atoms with Crippen molar-refractivity contribution in [3.05, 3.63) is 11.6 Å². The van der Waals surface area contributed by atoms with E-state index in [4.69, 9.17) is 9.84 Å². The van der Waals surface area contributed by atoms with Gasteiger partial charge in [0, 0.05) is 0 Å². The number of hydrogen-bond donors (Lipinski definition) is 1. The maximum atomic E-state index is 9.05. The number of aliphatic hydroxyl groups excluding tert-OH is 1. The van der Waals surface area contributed by atoms with Gasteiger partial charge in [0.05, 0.1) is 19.8 Å². The quantitative estimate of drug-likeness (QED) is 0.552. The molecular formula is C22H38O2. The van der Waals surface area contributed by atoms with Gasteiger partial charge in [-0.05, 0) is 73.0 Å². The summed E-state index contributed by atoms with van der Waals surface area (Å²) in [7, 11) is 0. The fraction of sp³-hybridized carbons (Fsp3) is 0.909. The highest BCUT2D eigenvalue weighted by Crippen LogP contribution is 2.62. The average Bonchev–Trinajstić information content (AvgIpc) is 2.54. The molecular weight excluding hydrogens is 296 g/mol. The van der Waals surface area contributed by atoms with Crippen LogP contribution >= 0.6 is 0 Å². The molecule has 0 saturated heterocycles. The van der Waals surface area contributed by atoms with Crippen molar-refractivity contribution in [3.8, 4) is 0 Å². The Kier molecular flexibility index (Phi) is 5.47. The molecule has 0 aromatic carbocycles. The van der Waals surface area contributed by atoms with Gasteiger partial charge in [-0.1, -0.05) is 45.8 Å². The molecule has 0 amide bonds. The molecule has 3 aliphatic carbocycles. The van der Waals surface area contributed by atoms with Crippen LogP contribution in [0.5, 0.6) is 0 Å². The standard InChI is InChI=1S/C22H38O2/c1-16(2)17-6-8-19-18(14-17)7-9-20-21(3,15-24-13-12-23)10-5-11-22(19,20)4/h7,16-17,19-20,23H,5-6,8-15H2,1-4H3/t17-,19-,20-,21+,22+/m0/s1. The first-order chi connectivity index (χ1) is 11.4. The van der Waals surface area contributed by atoms with Crippen LogP contribution in [0.15, 0.2) is 11.6 Å². The van der Waals surface area contributed by atoms with Crippen LogP contribution in [0.25, 0.3) is 0 Å². The molecule has 24 heavy (non-hydrogen) atoms. The summed E-state index contributed by atoms with van der Waals surface area (Å²) < 4.78 is 5.83. The third-order valence-electron chi connectivity index (χ3n) is 7.89. The molecule has 0 aromatic rings. The van der Waals surface area contributed by atoms with Gasteiger partial charge in [-0.15, -0.1) is 0 Å². The van der Waals surface area contributed by atoms with Gasteiger partial charge in [0.25, 0.3) is 0 Å². The number of ether oxygens (including phenoxy) is 1. The van der Waals surface area contributed by atoms with E-state index in [1.165, 1.54) is 44.9 Å². The highest BCUT2D eigenvalue weighted by molar-refractivity contribution is 5.22. The fourth-order valence-electron chi connectivity index (χ4n) is 6.46. The van der Waals surface area contributed by atoms with E-state index in [0.717, 1.165) is 30.3 Å². The fourth-order valence-corrected chi connectivity index (χ4v) is 6.46. The van der Waals surface area contributed by atoms with Crippen molar-refractivity contribution in [1.82, 2.24) is 0 Å². The topological polar surface area (TPSA) is 29.5 Å². The Labute approximate surface area is 149 Å². The van der Waals surface area contributed by atoms with Crippen molar-refractivity contribution in [2.24, 2.45) is 34.5 Å². The summed E-state index contributed by atoms with van der Waals surface area (Å²) in [4.78, 5) is 0. The zero-order valence-electron chi connectivity index (χ0n) is 16.3. The zero-order valence-corrected chi connectivity index (χ0v) is 16.3. The molecule has 0 radical (unpaired) electrons. The van der Waals surface area contributed by atoms with Crippen molar-refractivity contribution in [2.75, 3.05) is 19.8 Å². The summed E-state index contributed by atoms with van der Waals surface area (Å²) >= 11 is 0. The maximum absolute atomic E-state index is 9.05. The van der Waals surface area contributed by atoms with Crippen molar-refractivity contribution in [3.63, 3.8) is 0 Å². The van der Waals surface area contributed by atoms with E-state index in [0.29, 0.717) is 12.0 Å². The number of allylic oxidation sites excluding steroid dienone is 2. The highest BCUT2D eigenvalue weighted by atomic mass is 16.5. The Morgan fingerprint density at radius 1 is 1.25 bits per heavy atom. The van der Waals surface area contributed by atoms with E-state index in [1.807, 2.05) is 0 Å². The van der Waals surface area contributed by atoms with Crippen molar-refractivity contribution in [2.45, 2.75) is 72.6 Å². The van der Waals surface area contributed by atoms with Crippen molar-refractivity contribution in [1.29, 1.82) is 0 Å². The minimum atomic E-state index is 0.140. The second kappa shape index (κ2) is 7.11. The minimum Gasteiger partial charge on any atom is -0.394 e. The lowest BCUT2D eigenvalue weighted by atomic mass is 9.46. The van der Waals surface area contributed by atoms with Gasteiger partial charge in [0.1, 0.15) is 0 Å². The van der Waals surface area contributed by atoms with E-state index in [9.17, 15) is 0 Å². The summed E-state index contributed by atoms with van der Waals surface area (Å²) in [6.07, 6.45) is 12.0. The Bertz CT molecular complexity index is 469. The van der Waals surface area contributed by atoms with Gasteiger partial charge >= 0.3 is 0 Å². The first-order valence-corrected chi connectivity index (χ1v) is 10.3. The maximum Gasteiger partial charge on any atom is 0.0697 e. The number of fused-ring (bicyclic) bond motifs is 3. The van der Waals surface area contributed by atoms with Crippen LogP contribution in [-0.4, -0.2) is 24.9 Å². The number of aliphatic hydroxyl groups is 1. The molecule has 3 rings (SSSR count). The zero-order chi connectivity index (χ0) is 17.4. The predicted octanol–water partition coefficient (Wildman–Crippen LogP) is 5.21. The molecule has 0 unspecified atom stereocenters. The molecule has 0 spiro atoms. The van der Waals surface area contributed by atoms with E-state index in [1.54, 1.807) is 5.57 Å². The molecule has 138 valence electrons. The Morgan fingerprint density at radius 2 is 2.04 bits per heavy atom. The molecule has 2 nitrogen and oxygen atoms in total. The third kappa shape index (κ3) is 3.21. The van der Waals surface area contributed by atoms with E-state index in [-0.39, 0.29) is 12.0 Å². The van der Waals surface area contributed by atoms with Crippen molar-refractivity contribution >= 4 is 0 Å². The van der Waals surface area contributed by atoms with Crippen LogP contribution in [0.2, 0.25) is 0 Å². The Morgan fingerprint density at radius 3 is 2.75 bits per heavy atom. The summed E-state index contributed by atoms with van der Waals surface area (Å²) in [5.41, 5.74) is 2.53. The molecule has 0 aliphatic heterocycles. The van der Waals surface area contributed by atoms with Gasteiger partial charge in [-0.2, -0.15) is 0 Å². The second-order valence-electron chi connectivity index (χ2n) is 9.70. The predicted molar refractivity (Wildman–Crippen MR) is 99.8 cm³/mol. The lowest BCUT2D eigenvalue weighted by Crippen LogP contribution is -2.52. The molecule has 2 fully saturated rings. The van der Waals surface area contributed by atoms with Crippen LogP contribution in [0.3, 0.4) is 0 Å².